The molecule has 0 saturated carbocycles. The molecule has 4 rings (SSSR count). The van der Waals surface area contributed by atoms with Crippen LogP contribution < -0.4 is 0 Å². The molecular formula is C15H19NO. The second-order valence-electron chi connectivity index (χ2n) is 5.27. The number of rotatable bonds is 2. The first-order valence-electron chi connectivity index (χ1n) is 6.41. The van der Waals surface area contributed by atoms with E-state index in [1.165, 1.54) is 0 Å². The lowest BCUT2D eigenvalue weighted by atomic mass is 9.70. The van der Waals surface area contributed by atoms with Gasteiger partial charge in [-0.2, -0.15) is 0 Å². The number of hydrogen-bond donors (Lipinski definition) is 1. The second kappa shape index (κ2) is 3.97. The molecule has 3 saturated heterocycles. The van der Waals surface area contributed by atoms with E-state index >= 15 is 0 Å². The van der Waals surface area contributed by atoms with Crippen molar-refractivity contribution in [1.82, 2.24) is 4.90 Å². The van der Waals surface area contributed by atoms with Gasteiger partial charge in [-0.15, -0.1) is 0 Å². The van der Waals surface area contributed by atoms with Gasteiger partial charge in [0.25, 0.3) is 0 Å². The zero-order chi connectivity index (χ0) is 11.9. The maximum Gasteiger partial charge on any atom is 0.106 e. The summed E-state index contributed by atoms with van der Waals surface area (Å²) in [5.41, 5.74) is 1.47. The third kappa shape index (κ3) is 1.63. The van der Waals surface area contributed by atoms with E-state index < -0.39 is 5.60 Å². The molecule has 2 nitrogen and oxygen atoms in total. The summed E-state index contributed by atoms with van der Waals surface area (Å²) < 4.78 is 0. The van der Waals surface area contributed by atoms with Gasteiger partial charge < -0.3 is 10.0 Å². The van der Waals surface area contributed by atoms with Gasteiger partial charge in [-0.3, -0.25) is 0 Å². The van der Waals surface area contributed by atoms with Crippen molar-refractivity contribution >= 4 is 6.08 Å². The van der Waals surface area contributed by atoms with Crippen molar-refractivity contribution in [3.05, 3.63) is 42.0 Å². The van der Waals surface area contributed by atoms with Gasteiger partial charge in [-0.25, -0.2) is 0 Å². The van der Waals surface area contributed by atoms with Crippen molar-refractivity contribution in [3.8, 4) is 0 Å². The Bertz CT molecular complexity index is 434. The van der Waals surface area contributed by atoms with Gasteiger partial charge in [0.1, 0.15) is 5.60 Å². The molecule has 1 aromatic carbocycles. The Balaban J connectivity index is 2.05. The Morgan fingerprint density at radius 2 is 2.00 bits per heavy atom. The molecule has 1 unspecified atom stereocenters. The molecule has 0 aliphatic carbocycles. The highest BCUT2D eigenvalue weighted by Gasteiger charge is 2.46. The fraction of sp³-hybridized carbons (Fsp3) is 0.467. The molecule has 17 heavy (non-hydrogen) atoms. The average Bonchev–Trinajstić information content (AvgIpc) is 2.40. The highest BCUT2D eigenvalue weighted by molar-refractivity contribution is 5.54. The topological polar surface area (TPSA) is 23.5 Å². The SMILES string of the molecule is C=Cc1ccccc1C1(O)CN2CCC1CC2. The van der Waals surface area contributed by atoms with Crippen LogP contribution in [0.5, 0.6) is 0 Å². The first-order chi connectivity index (χ1) is 8.24. The number of fused-ring (bicyclic) bond motifs is 3. The van der Waals surface area contributed by atoms with Crippen LogP contribution in [0.2, 0.25) is 0 Å². The maximum atomic E-state index is 11.1. The molecule has 3 heterocycles. The third-order valence-corrected chi connectivity index (χ3v) is 4.37. The molecule has 1 N–H and O–H groups in total. The predicted octanol–water partition coefficient (Wildman–Crippen LogP) is 2.24. The van der Waals surface area contributed by atoms with E-state index in [0.717, 1.165) is 43.6 Å². The zero-order valence-electron chi connectivity index (χ0n) is 10.1. The van der Waals surface area contributed by atoms with Crippen LogP contribution in [0.1, 0.15) is 24.0 Å². The van der Waals surface area contributed by atoms with Crippen LogP contribution in [-0.2, 0) is 5.60 Å². The van der Waals surface area contributed by atoms with E-state index in [1.807, 2.05) is 24.3 Å². The van der Waals surface area contributed by atoms with Crippen molar-refractivity contribution < 1.29 is 5.11 Å². The highest BCUT2D eigenvalue weighted by atomic mass is 16.3. The Kier molecular flexibility index (Phi) is 2.57. The molecule has 0 spiro atoms. The van der Waals surface area contributed by atoms with E-state index in [9.17, 15) is 5.11 Å². The molecular weight excluding hydrogens is 210 g/mol. The number of aliphatic hydroxyl groups is 1. The van der Waals surface area contributed by atoms with Crippen LogP contribution in [-0.4, -0.2) is 29.6 Å². The van der Waals surface area contributed by atoms with Gasteiger partial charge in [0.15, 0.2) is 0 Å². The zero-order valence-corrected chi connectivity index (χ0v) is 10.1. The van der Waals surface area contributed by atoms with Crippen molar-refractivity contribution in [1.29, 1.82) is 0 Å². The van der Waals surface area contributed by atoms with E-state index in [1.54, 1.807) is 0 Å². The van der Waals surface area contributed by atoms with Gasteiger partial charge in [-0.05, 0) is 43.0 Å². The summed E-state index contributed by atoms with van der Waals surface area (Å²) in [6.07, 6.45) is 4.08. The maximum absolute atomic E-state index is 11.1. The van der Waals surface area contributed by atoms with Gasteiger partial charge in [-0.1, -0.05) is 36.9 Å². The minimum Gasteiger partial charge on any atom is -0.384 e. The summed E-state index contributed by atoms with van der Waals surface area (Å²) in [6, 6.07) is 8.11. The Hall–Kier alpha value is -1.12. The molecule has 3 fully saturated rings. The minimum atomic E-state index is -0.665. The quantitative estimate of drug-likeness (QED) is 0.840. The summed E-state index contributed by atoms with van der Waals surface area (Å²) in [5.74, 6) is 0.411. The lowest BCUT2D eigenvalue weighted by molar-refractivity contribution is -0.117. The molecule has 0 amide bonds. The molecule has 0 radical (unpaired) electrons. The summed E-state index contributed by atoms with van der Waals surface area (Å²) in [6.45, 7) is 6.92. The molecule has 1 aromatic rings. The molecule has 1 atom stereocenters. The lowest BCUT2D eigenvalue weighted by Gasteiger charge is -2.51. The van der Waals surface area contributed by atoms with Crippen LogP contribution in [0.15, 0.2) is 30.8 Å². The van der Waals surface area contributed by atoms with Crippen LogP contribution in [0, 0.1) is 5.92 Å². The first kappa shape index (κ1) is 11.0. The molecule has 0 aromatic heterocycles. The largest absolute Gasteiger partial charge is 0.384 e. The molecule has 3 aliphatic heterocycles. The Morgan fingerprint density at radius 1 is 1.29 bits per heavy atom. The normalized spacial score (nSPS) is 35.8. The van der Waals surface area contributed by atoms with E-state index in [2.05, 4.69) is 17.5 Å². The van der Waals surface area contributed by atoms with Crippen molar-refractivity contribution in [2.24, 2.45) is 5.92 Å². The second-order valence-corrected chi connectivity index (χ2v) is 5.27. The van der Waals surface area contributed by atoms with Crippen LogP contribution >= 0.6 is 0 Å². The third-order valence-electron chi connectivity index (χ3n) is 4.37. The smallest absolute Gasteiger partial charge is 0.106 e. The van der Waals surface area contributed by atoms with Crippen molar-refractivity contribution in [3.63, 3.8) is 0 Å². The van der Waals surface area contributed by atoms with Gasteiger partial charge in [0.05, 0.1) is 0 Å². The van der Waals surface area contributed by atoms with Gasteiger partial charge in [0, 0.05) is 6.54 Å². The number of nitrogens with zero attached hydrogens (tertiary/aromatic N) is 1. The molecule has 90 valence electrons. The predicted molar refractivity (Wildman–Crippen MR) is 69.6 cm³/mol. The van der Waals surface area contributed by atoms with E-state index in [-0.39, 0.29) is 0 Å². The standard InChI is InChI=1S/C15H19NO/c1-2-12-5-3-4-6-14(12)15(17)11-16-9-7-13(15)8-10-16/h2-6,13,17H,1,7-11H2. The Labute approximate surface area is 103 Å². The van der Waals surface area contributed by atoms with Crippen LogP contribution in [0.3, 0.4) is 0 Å². The Morgan fingerprint density at radius 3 is 2.59 bits per heavy atom. The van der Waals surface area contributed by atoms with Crippen molar-refractivity contribution in [2.75, 3.05) is 19.6 Å². The fourth-order valence-electron chi connectivity index (χ4n) is 3.41. The summed E-state index contributed by atoms with van der Waals surface area (Å²) in [5, 5.41) is 11.1. The number of piperidine rings is 3. The van der Waals surface area contributed by atoms with Crippen LogP contribution in [0.25, 0.3) is 6.08 Å². The molecule has 2 heteroatoms. The van der Waals surface area contributed by atoms with E-state index in [0.29, 0.717) is 5.92 Å². The van der Waals surface area contributed by atoms with Crippen molar-refractivity contribution in [2.45, 2.75) is 18.4 Å². The molecule has 2 bridgehead atoms. The summed E-state index contributed by atoms with van der Waals surface area (Å²) >= 11 is 0. The fourth-order valence-corrected chi connectivity index (χ4v) is 3.41. The molecule has 3 aliphatic rings. The van der Waals surface area contributed by atoms with Gasteiger partial charge in [0.2, 0.25) is 0 Å². The number of hydrogen-bond acceptors (Lipinski definition) is 2. The summed E-state index contributed by atoms with van der Waals surface area (Å²) in [7, 11) is 0. The number of benzene rings is 1. The lowest BCUT2D eigenvalue weighted by Crippen LogP contribution is -2.57. The summed E-state index contributed by atoms with van der Waals surface area (Å²) in [4.78, 5) is 2.37. The van der Waals surface area contributed by atoms with Gasteiger partial charge >= 0.3 is 0 Å². The minimum absolute atomic E-state index is 0.411. The van der Waals surface area contributed by atoms with Crippen LogP contribution in [0.4, 0.5) is 0 Å². The average molecular weight is 229 g/mol. The monoisotopic (exact) mass is 229 g/mol. The highest BCUT2D eigenvalue weighted by Crippen LogP contribution is 2.43. The first-order valence-corrected chi connectivity index (χ1v) is 6.41. The van der Waals surface area contributed by atoms with E-state index in [4.69, 9.17) is 0 Å².